The molecule has 4 rings (SSSR count). The molecule has 0 unspecified atom stereocenters. The quantitative estimate of drug-likeness (QED) is 0.821. The summed E-state index contributed by atoms with van der Waals surface area (Å²) in [5, 5.41) is 13.7. The maximum absolute atomic E-state index is 13.0. The van der Waals surface area contributed by atoms with Crippen LogP contribution in [0.5, 0.6) is 0 Å². The lowest BCUT2D eigenvalue weighted by atomic mass is 9.68. The molecule has 2 aliphatic carbocycles. The van der Waals surface area contributed by atoms with Crippen LogP contribution in [0.4, 0.5) is 0 Å². The summed E-state index contributed by atoms with van der Waals surface area (Å²) in [5.74, 6) is 0.747. The van der Waals surface area contributed by atoms with Crippen LogP contribution in [-0.2, 0) is 23.1 Å². The number of hydrogen-bond acceptors (Lipinski definition) is 3. The second kappa shape index (κ2) is 6.09. The van der Waals surface area contributed by atoms with Gasteiger partial charge in [-0.15, -0.1) is 0 Å². The predicted molar refractivity (Wildman–Crippen MR) is 102 cm³/mol. The molecule has 2 saturated carbocycles. The number of aromatic nitrogens is 1. The number of aryl methyl sites for hydroxylation is 1. The summed E-state index contributed by atoms with van der Waals surface area (Å²) >= 11 is 0. The molecule has 0 aromatic carbocycles. The Balaban J connectivity index is 1.29. The van der Waals surface area contributed by atoms with Crippen molar-refractivity contribution in [1.29, 1.82) is 0 Å². The Bertz CT molecular complexity index is 752. The Kier molecular flexibility index (Phi) is 4.18. The maximum atomic E-state index is 13.0. The Morgan fingerprint density at radius 3 is 2.44 bits per heavy atom. The van der Waals surface area contributed by atoms with E-state index in [9.17, 15) is 14.7 Å². The Morgan fingerprint density at radius 2 is 1.93 bits per heavy atom. The second-order valence-corrected chi connectivity index (χ2v) is 9.52. The van der Waals surface area contributed by atoms with Crippen molar-refractivity contribution in [2.45, 2.75) is 51.6 Å². The lowest BCUT2D eigenvalue weighted by molar-refractivity contribution is -0.155. The van der Waals surface area contributed by atoms with Gasteiger partial charge in [0.2, 0.25) is 11.8 Å². The van der Waals surface area contributed by atoms with Gasteiger partial charge in [-0.1, -0.05) is 13.8 Å². The molecule has 27 heavy (non-hydrogen) atoms. The number of hydrogen-bond donors (Lipinski definition) is 2. The molecule has 3 aliphatic rings. The van der Waals surface area contributed by atoms with Crippen molar-refractivity contribution in [3.63, 3.8) is 0 Å². The van der Waals surface area contributed by atoms with E-state index < -0.39 is 5.60 Å². The Morgan fingerprint density at radius 1 is 1.26 bits per heavy atom. The monoisotopic (exact) mass is 373 g/mol. The van der Waals surface area contributed by atoms with Gasteiger partial charge in [0.15, 0.2) is 0 Å². The first-order valence-corrected chi connectivity index (χ1v) is 10.1. The van der Waals surface area contributed by atoms with Crippen LogP contribution in [0.3, 0.4) is 0 Å². The van der Waals surface area contributed by atoms with Gasteiger partial charge in [0.25, 0.3) is 0 Å². The highest BCUT2D eigenvalue weighted by atomic mass is 16.3. The topological polar surface area (TPSA) is 74.6 Å². The van der Waals surface area contributed by atoms with Crippen LogP contribution in [-0.4, -0.2) is 51.6 Å². The van der Waals surface area contributed by atoms with Crippen molar-refractivity contribution in [1.82, 2.24) is 14.8 Å². The highest BCUT2D eigenvalue weighted by Crippen LogP contribution is 2.65. The van der Waals surface area contributed by atoms with Crippen LogP contribution >= 0.6 is 0 Å². The zero-order valence-corrected chi connectivity index (χ0v) is 16.6. The van der Waals surface area contributed by atoms with Gasteiger partial charge < -0.3 is 19.9 Å². The number of carbonyl (C=O) groups is 2. The van der Waals surface area contributed by atoms with E-state index >= 15 is 0 Å². The molecule has 0 atom stereocenters. The number of likely N-dealkylation sites (tertiary alicyclic amines) is 1. The molecule has 3 fully saturated rings. The lowest BCUT2D eigenvalue weighted by Gasteiger charge is -2.47. The molecule has 6 nitrogen and oxygen atoms in total. The predicted octanol–water partition coefficient (Wildman–Crippen LogP) is 1.47. The van der Waals surface area contributed by atoms with E-state index in [1.165, 1.54) is 0 Å². The minimum absolute atomic E-state index is 0.0157. The molecule has 6 heteroatoms. The number of carbonyl (C=O) groups excluding carboxylic acids is 2. The summed E-state index contributed by atoms with van der Waals surface area (Å²) in [6.45, 7) is 5.24. The van der Waals surface area contributed by atoms with Gasteiger partial charge in [0.05, 0.1) is 24.9 Å². The van der Waals surface area contributed by atoms with Crippen LogP contribution in [0.15, 0.2) is 18.3 Å². The smallest absolute Gasteiger partial charge is 0.228 e. The van der Waals surface area contributed by atoms with Gasteiger partial charge in [-0.05, 0) is 49.1 Å². The molecular formula is C21H31N3O3. The van der Waals surface area contributed by atoms with Gasteiger partial charge in [0.1, 0.15) is 5.60 Å². The number of nitrogens with zero attached hydrogens (tertiary/aromatic N) is 2. The third-order valence-corrected chi connectivity index (χ3v) is 7.81. The van der Waals surface area contributed by atoms with E-state index in [-0.39, 0.29) is 42.3 Å². The fourth-order valence-electron chi connectivity index (χ4n) is 5.70. The highest BCUT2D eigenvalue weighted by Gasteiger charge is 2.62. The van der Waals surface area contributed by atoms with Gasteiger partial charge in [-0.2, -0.15) is 0 Å². The third kappa shape index (κ3) is 2.80. The molecule has 0 spiro atoms. The van der Waals surface area contributed by atoms with Crippen LogP contribution in [0.2, 0.25) is 0 Å². The minimum Gasteiger partial charge on any atom is -0.384 e. The number of fused-ring (bicyclic) bond motifs is 2. The summed E-state index contributed by atoms with van der Waals surface area (Å²) in [7, 11) is 1.92. The van der Waals surface area contributed by atoms with Crippen LogP contribution in [0.1, 0.15) is 45.2 Å². The van der Waals surface area contributed by atoms with E-state index in [4.69, 9.17) is 0 Å². The summed E-state index contributed by atoms with van der Waals surface area (Å²) in [6.07, 6.45) is 6.43. The fourth-order valence-corrected chi connectivity index (χ4v) is 5.70. The molecule has 2 N–H and O–H groups in total. The molecule has 1 aliphatic heterocycles. The van der Waals surface area contributed by atoms with Crippen molar-refractivity contribution >= 4 is 11.8 Å². The van der Waals surface area contributed by atoms with E-state index in [1.807, 2.05) is 29.9 Å². The zero-order valence-electron chi connectivity index (χ0n) is 16.6. The SMILES string of the molecule is Cn1cccc1CC(=O)N1CC(O)(CNC(=O)C23CCC(CC2)C3(C)C)C1. The number of rotatable bonds is 5. The first-order valence-electron chi connectivity index (χ1n) is 10.1. The van der Waals surface area contributed by atoms with E-state index in [0.29, 0.717) is 12.3 Å². The summed E-state index contributed by atoms with van der Waals surface area (Å²) < 4.78 is 1.93. The lowest BCUT2D eigenvalue weighted by Crippen LogP contribution is -2.68. The van der Waals surface area contributed by atoms with Gasteiger partial charge in [0, 0.05) is 25.5 Å². The van der Waals surface area contributed by atoms with Crippen molar-refractivity contribution in [3.05, 3.63) is 24.0 Å². The molecule has 0 radical (unpaired) electrons. The number of amides is 2. The average molecular weight is 373 g/mol. The maximum Gasteiger partial charge on any atom is 0.228 e. The van der Waals surface area contributed by atoms with Gasteiger partial charge in [-0.25, -0.2) is 0 Å². The van der Waals surface area contributed by atoms with Crippen molar-refractivity contribution in [2.75, 3.05) is 19.6 Å². The van der Waals surface area contributed by atoms with Crippen molar-refractivity contribution in [2.24, 2.45) is 23.8 Å². The third-order valence-electron chi connectivity index (χ3n) is 7.81. The molecule has 2 heterocycles. The summed E-state index contributed by atoms with van der Waals surface area (Å²) in [6, 6.07) is 3.85. The number of aliphatic hydroxyl groups is 1. The zero-order chi connectivity index (χ0) is 19.4. The van der Waals surface area contributed by atoms with E-state index in [0.717, 1.165) is 31.4 Å². The van der Waals surface area contributed by atoms with Crippen LogP contribution in [0, 0.1) is 16.7 Å². The molecule has 1 aromatic heterocycles. The molecule has 1 saturated heterocycles. The first-order chi connectivity index (χ1) is 12.7. The Labute approximate surface area is 160 Å². The molecule has 1 aromatic rings. The fraction of sp³-hybridized carbons (Fsp3) is 0.714. The van der Waals surface area contributed by atoms with Crippen LogP contribution < -0.4 is 5.32 Å². The molecule has 2 bridgehead atoms. The minimum atomic E-state index is -1.00. The van der Waals surface area contributed by atoms with Crippen LogP contribution in [0.25, 0.3) is 0 Å². The standard InChI is InChI=1S/C21H31N3O3/c1-19(2)15-6-8-21(19,9-7-15)18(26)22-12-20(27)13-24(14-20)17(25)11-16-5-4-10-23(16)3/h4-5,10,15,27H,6-9,11-14H2,1-3H3,(H,22,26). The van der Waals surface area contributed by atoms with Crippen molar-refractivity contribution < 1.29 is 14.7 Å². The normalized spacial score (nSPS) is 30.2. The van der Waals surface area contributed by atoms with Gasteiger partial charge >= 0.3 is 0 Å². The highest BCUT2D eigenvalue weighted by molar-refractivity contribution is 5.85. The van der Waals surface area contributed by atoms with Crippen molar-refractivity contribution in [3.8, 4) is 0 Å². The molecular weight excluding hydrogens is 342 g/mol. The molecule has 148 valence electrons. The Hall–Kier alpha value is -1.82. The summed E-state index contributed by atoms with van der Waals surface area (Å²) in [4.78, 5) is 27.0. The first kappa shape index (κ1) is 18.5. The van der Waals surface area contributed by atoms with E-state index in [1.54, 1.807) is 4.90 Å². The molecule has 2 amide bonds. The van der Waals surface area contributed by atoms with Gasteiger partial charge in [-0.3, -0.25) is 9.59 Å². The van der Waals surface area contributed by atoms with E-state index in [2.05, 4.69) is 19.2 Å². The number of nitrogens with one attached hydrogen (secondary N) is 1. The second-order valence-electron chi connectivity index (χ2n) is 9.52. The average Bonchev–Trinajstić information content (AvgIpc) is 3.20. The number of β-amino-alcohol motifs (C(OH)–C–C–N with tert-alkyl or cyclic N) is 1. The largest absolute Gasteiger partial charge is 0.384 e. The summed E-state index contributed by atoms with van der Waals surface area (Å²) in [5.41, 5.74) is -0.283.